The van der Waals surface area contributed by atoms with E-state index in [-0.39, 0.29) is 12.0 Å². The molecule has 19 heavy (non-hydrogen) atoms. The summed E-state index contributed by atoms with van der Waals surface area (Å²) >= 11 is 6.27. The lowest BCUT2D eigenvalue weighted by Crippen LogP contribution is -2.30. The number of hydrogen-bond donors (Lipinski definition) is 2. The van der Waals surface area contributed by atoms with Gasteiger partial charge >= 0.3 is 0 Å². The summed E-state index contributed by atoms with van der Waals surface area (Å²) in [4.78, 5) is 0. The molecule has 0 atom stereocenters. The predicted molar refractivity (Wildman–Crippen MR) is 79.5 cm³/mol. The Kier molecular flexibility index (Phi) is 6.30. The van der Waals surface area contributed by atoms with Gasteiger partial charge in [-0.15, -0.1) is 0 Å². The molecule has 0 saturated carbocycles. The number of aliphatic hydroxyl groups excluding tert-OH is 1. The molecular weight excluding hydrogens is 262 g/mol. The van der Waals surface area contributed by atoms with E-state index in [9.17, 15) is 0 Å². The van der Waals surface area contributed by atoms with Gasteiger partial charge in [-0.3, -0.25) is 4.68 Å². The van der Waals surface area contributed by atoms with Crippen molar-refractivity contribution in [2.45, 2.75) is 53.6 Å². The fourth-order valence-corrected chi connectivity index (χ4v) is 2.41. The molecule has 5 heteroatoms. The van der Waals surface area contributed by atoms with E-state index in [1.54, 1.807) is 0 Å². The molecule has 0 fully saturated rings. The van der Waals surface area contributed by atoms with Gasteiger partial charge in [0.15, 0.2) is 0 Å². The average molecular weight is 288 g/mol. The van der Waals surface area contributed by atoms with Gasteiger partial charge < -0.3 is 10.4 Å². The van der Waals surface area contributed by atoms with E-state index in [0.29, 0.717) is 0 Å². The van der Waals surface area contributed by atoms with Gasteiger partial charge in [-0.05, 0) is 32.1 Å². The molecular formula is C14H26ClN3O. The molecule has 0 aliphatic heterocycles. The van der Waals surface area contributed by atoms with Crippen molar-refractivity contribution in [3.05, 3.63) is 16.4 Å². The highest BCUT2D eigenvalue weighted by molar-refractivity contribution is 6.31. The molecule has 4 nitrogen and oxygen atoms in total. The summed E-state index contributed by atoms with van der Waals surface area (Å²) in [7, 11) is 0. The maximum absolute atomic E-state index is 8.89. The first-order chi connectivity index (χ1) is 8.91. The van der Waals surface area contributed by atoms with Crippen LogP contribution in [0.15, 0.2) is 0 Å². The Morgan fingerprint density at radius 1 is 1.42 bits per heavy atom. The summed E-state index contributed by atoms with van der Waals surface area (Å²) in [5, 5.41) is 17.5. The van der Waals surface area contributed by atoms with E-state index in [1.807, 2.05) is 11.6 Å². The third kappa shape index (κ3) is 4.79. The highest BCUT2D eigenvalue weighted by Crippen LogP contribution is 2.23. The van der Waals surface area contributed by atoms with Gasteiger partial charge in [0.2, 0.25) is 0 Å². The van der Waals surface area contributed by atoms with Gasteiger partial charge in [0.25, 0.3) is 0 Å². The Morgan fingerprint density at radius 2 is 2.11 bits per heavy atom. The summed E-state index contributed by atoms with van der Waals surface area (Å²) in [6.07, 6.45) is 1.86. The molecule has 2 N–H and O–H groups in total. The highest BCUT2D eigenvalue weighted by Gasteiger charge is 2.18. The maximum Gasteiger partial charge on any atom is 0.0860 e. The van der Waals surface area contributed by atoms with E-state index >= 15 is 0 Å². The minimum Gasteiger partial charge on any atom is -0.396 e. The minimum absolute atomic E-state index is 0.182. The van der Waals surface area contributed by atoms with E-state index < -0.39 is 0 Å². The Labute approximate surface area is 121 Å². The van der Waals surface area contributed by atoms with E-state index in [1.165, 1.54) is 0 Å². The van der Waals surface area contributed by atoms with Crippen molar-refractivity contribution in [3.63, 3.8) is 0 Å². The lowest BCUT2D eigenvalue weighted by molar-refractivity contribution is 0.236. The number of hydrogen-bond acceptors (Lipinski definition) is 3. The third-order valence-corrected chi connectivity index (χ3v) is 3.85. The monoisotopic (exact) mass is 287 g/mol. The highest BCUT2D eigenvalue weighted by atomic mass is 35.5. The summed E-state index contributed by atoms with van der Waals surface area (Å²) in [6.45, 7) is 11.1. The number of aliphatic hydroxyl groups is 1. The normalized spacial score (nSPS) is 12.1. The van der Waals surface area contributed by atoms with Crippen LogP contribution in [0.3, 0.4) is 0 Å². The molecule has 0 spiro atoms. The molecule has 1 aromatic rings. The van der Waals surface area contributed by atoms with Crippen LogP contribution in [-0.2, 0) is 13.1 Å². The Morgan fingerprint density at radius 3 is 2.68 bits per heavy atom. The van der Waals surface area contributed by atoms with Crippen LogP contribution in [0, 0.1) is 12.3 Å². The van der Waals surface area contributed by atoms with Crippen LogP contribution in [0.1, 0.15) is 45.0 Å². The first-order valence-electron chi connectivity index (χ1n) is 6.94. The molecule has 1 aromatic heterocycles. The molecule has 0 aromatic carbocycles. The fraction of sp³-hybridized carbons (Fsp3) is 0.786. The molecule has 0 bridgehead atoms. The third-order valence-electron chi connectivity index (χ3n) is 3.36. The number of halogens is 1. The van der Waals surface area contributed by atoms with Crippen LogP contribution in [0.25, 0.3) is 0 Å². The summed E-state index contributed by atoms with van der Waals surface area (Å²) in [5.41, 5.74) is 2.13. The molecule has 0 amide bonds. The van der Waals surface area contributed by atoms with E-state index in [2.05, 4.69) is 31.2 Å². The first kappa shape index (κ1) is 16.5. The lowest BCUT2D eigenvalue weighted by atomic mass is 9.88. The van der Waals surface area contributed by atoms with Gasteiger partial charge in [-0.25, -0.2) is 0 Å². The fourth-order valence-electron chi connectivity index (χ4n) is 2.20. The van der Waals surface area contributed by atoms with Gasteiger partial charge in [0, 0.05) is 26.2 Å². The van der Waals surface area contributed by atoms with Crippen LogP contribution >= 0.6 is 11.6 Å². The maximum atomic E-state index is 8.89. The van der Waals surface area contributed by atoms with Crippen LogP contribution in [-0.4, -0.2) is 28.0 Å². The van der Waals surface area contributed by atoms with Crippen LogP contribution < -0.4 is 5.32 Å². The van der Waals surface area contributed by atoms with Crippen molar-refractivity contribution < 1.29 is 5.11 Å². The zero-order chi connectivity index (χ0) is 14.5. The smallest absolute Gasteiger partial charge is 0.0860 e. The van der Waals surface area contributed by atoms with Gasteiger partial charge in [-0.2, -0.15) is 5.10 Å². The zero-order valence-corrected chi connectivity index (χ0v) is 13.2. The Hall–Kier alpha value is -0.580. The van der Waals surface area contributed by atoms with Crippen molar-refractivity contribution in [2.24, 2.45) is 5.41 Å². The minimum atomic E-state index is 0.182. The molecule has 1 rings (SSSR count). The topological polar surface area (TPSA) is 50.1 Å². The number of aryl methyl sites for hydroxylation is 2. The molecule has 0 aliphatic rings. The van der Waals surface area contributed by atoms with Crippen molar-refractivity contribution in [1.82, 2.24) is 15.1 Å². The molecule has 0 aliphatic carbocycles. The number of aromatic nitrogens is 2. The standard InChI is InChI=1S/C14H26ClN3O/c1-5-18-12(13(15)11(2)17-18)9-16-10-14(3,4)7-6-8-19/h16,19H,5-10H2,1-4H3. The van der Waals surface area contributed by atoms with E-state index in [0.717, 1.165) is 48.9 Å². The summed E-state index contributed by atoms with van der Waals surface area (Å²) < 4.78 is 1.95. The Bertz CT molecular complexity index is 402. The summed E-state index contributed by atoms with van der Waals surface area (Å²) in [5.74, 6) is 0. The lowest BCUT2D eigenvalue weighted by Gasteiger charge is -2.24. The molecule has 110 valence electrons. The number of nitrogens with zero attached hydrogens (tertiary/aromatic N) is 2. The molecule has 0 unspecified atom stereocenters. The van der Waals surface area contributed by atoms with Crippen LogP contribution in [0.2, 0.25) is 5.02 Å². The second-order valence-electron chi connectivity index (χ2n) is 5.76. The van der Waals surface area contributed by atoms with Crippen molar-refractivity contribution in [2.75, 3.05) is 13.2 Å². The van der Waals surface area contributed by atoms with Crippen molar-refractivity contribution >= 4 is 11.6 Å². The van der Waals surface area contributed by atoms with Crippen LogP contribution in [0.4, 0.5) is 0 Å². The molecule has 0 radical (unpaired) electrons. The average Bonchev–Trinajstić information content (AvgIpc) is 2.64. The van der Waals surface area contributed by atoms with Crippen molar-refractivity contribution in [3.8, 4) is 0 Å². The number of nitrogens with one attached hydrogen (secondary N) is 1. The first-order valence-corrected chi connectivity index (χ1v) is 7.32. The summed E-state index contributed by atoms with van der Waals surface area (Å²) in [6, 6.07) is 0. The quantitative estimate of drug-likeness (QED) is 0.773. The van der Waals surface area contributed by atoms with Crippen molar-refractivity contribution in [1.29, 1.82) is 0 Å². The largest absolute Gasteiger partial charge is 0.396 e. The van der Waals surface area contributed by atoms with Crippen LogP contribution in [0.5, 0.6) is 0 Å². The second-order valence-corrected chi connectivity index (χ2v) is 6.13. The van der Waals surface area contributed by atoms with E-state index in [4.69, 9.17) is 16.7 Å². The number of rotatable bonds is 8. The zero-order valence-electron chi connectivity index (χ0n) is 12.5. The predicted octanol–water partition coefficient (Wildman–Crippen LogP) is 2.75. The van der Waals surface area contributed by atoms with Gasteiger partial charge in [0.1, 0.15) is 0 Å². The van der Waals surface area contributed by atoms with Gasteiger partial charge in [0.05, 0.1) is 16.4 Å². The molecule has 0 saturated heterocycles. The SMILES string of the molecule is CCn1nc(C)c(Cl)c1CNCC(C)(C)CCCO. The molecule has 1 heterocycles. The van der Waals surface area contributed by atoms with Gasteiger partial charge in [-0.1, -0.05) is 25.4 Å². The second kappa shape index (κ2) is 7.27. The Balaban J connectivity index is 2.53.